The van der Waals surface area contributed by atoms with Crippen LogP contribution in [0.2, 0.25) is 5.02 Å². The van der Waals surface area contributed by atoms with E-state index >= 15 is 0 Å². The van der Waals surface area contributed by atoms with Crippen LogP contribution >= 0.6 is 11.6 Å². The lowest BCUT2D eigenvalue weighted by Gasteiger charge is -2.33. The molecule has 1 unspecified atom stereocenters. The molecule has 5 rings (SSSR count). The van der Waals surface area contributed by atoms with E-state index in [1.54, 1.807) is 48.7 Å². The van der Waals surface area contributed by atoms with Crippen molar-refractivity contribution < 1.29 is 9.59 Å². The number of halogens is 1. The molecule has 1 fully saturated rings. The van der Waals surface area contributed by atoms with Crippen molar-refractivity contribution in [3.05, 3.63) is 112 Å². The summed E-state index contributed by atoms with van der Waals surface area (Å²) in [5.41, 5.74) is 1.64. The quantitative estimate of drug-likeness (QED) is 0.400. The Labute approximate surface area is 213 Å². The minimum atomic E-state index is -0.198. The lowest BCUT2D eigenvalue weighted by molar-refractivity contribution is 0.0863. The second kappa shape index (κ2) is 10.4. The molecule has 0 saturated heterocycles. The Morgan fingerprint density at radius 2 is 1.36 bits per heavy atom. The summed E-state index contributed by atoms with van der Waals surface area (Å²) in [6, 6.07) is 22.7. The number of nitrogens with zero attached hydrogens (tertiary/aromatic N) is 1. The molecule has 1 saturated carbocycles. The number of pyridine rings is 1. The number of hydrogen-bond donors (Lipinski definition) is 2. The lowest BCUT2D eigenvalue weighted by atomic mass is 9.89. The number of nitrogens with one attached hydrogen (secondary N) is 2. The van der Waals surface area contributed by atoms with E-state index in [1.807, 2.05) is 30.3 Å². The molecule has 1 aliphatic rings. The highest BCUT2D eigenvalue weighted by Gasteiger charge is 2.28. The molecule has 0 radical (unpaired) electrons. The van der Waals surface area contributed by atoms with Crippen LogP contribution in [-0.2, 0) is 0 Å². The molecule has 0 aliphatic heterocycles. The van der Waals surface area contributed by atoms with E-state index in [1.165, 1.54) is 10.6 Å². The highest BCUT2D eigenvalue weighted by molar-refractivity contribution is 6.31. The average molecular weight is 500 g/mol. The van der Waals surface area contributed by atoms with E-state index in [0.717, 1.165) is 36.5 Å². The summed E-state index contributed by atoms with van der Waals surface area (Å²) in [7, 11) is 0. The van der Waals surface area contributed by atoms with Crippen LogP contribution in [0.5, 0.6) is 0 Å². The van der Waals surface area contributed by atoms with Crippen LogP contribution in [0.1, 0.15) is 46.4 Å². The van der Waals surface area contributed by atoms with Gasteiger partial charge in [0.2, 0.25) is 0 Å². The highest BCUT2D eigenvalue weighted by Crippen LogP contribution is 2.23. The highest BCUT2D eigenvalue weighted by atomic mass is 35.5. The van der Waals surface area contributed by atoms with Crippen molar-refractivity contribution in [3.8, 4) is 5.69 Å². The van der Waals surface area contributed by atoms with Gasteiger partial charge in [0.1, 0.15) is 0 Å². The molecular formula is C29H26ClN3O3. The van der Waals surface area contributed by atoms with Crippen LogP contribution in [0, 0.1) is 0 Å². The zero-order chi connectivity index (χ0) is 25.1. The van der Waals surface area contributed by atoms with E-state index < -0.39 is 0 Å². The summed E-state index contributed by atoms with van der Waals surface area (Å²) >= 11 is 6.07. The largest absolute Gasteiger partial charge is 0.347 e. The Bertz CT molecular complexity index is 1480. The molecule has 2 atom stereocenters. The van der Waals surface area contributed by atoms with Crippen molar-refractivity contribution in [2.75, 3.05) is 0 Å². The fourth-order valence-electron chi connectivity index (χ4n) is 4.75. The zero-order valence-corrected chi connectivity index (χ0v) is 20.4. The third-order valence-electron chi connectivity index (χ3n) is 6.69. The zero-order valence-electron chi connectivity index (χ0n) is 19.6. The van der Waals surface area contributed by atoms with Crippen molar-refractivity contribution in [3.63, 3.8) is 0 Å². The summed E-state index contributed by atoms with van der Waals surface area (Å²) in [5.74, 6) is -0.355. The minimum absolute atomic E-state index is 0.134. The van der Waals surface area contributed by atoms with E-state index in [-0.39, 0.29) is 29.5 Å². The summed E-state index contributed by atoms with van der Waals surface area (Å²) in [4.78, 5) is 38.1. The van der Waals surface area contributed by atoms with E-state index in [0.29, 0.717) is 21.8 Å². The van der Waals surface area contributed by atoms with E-state index in [9.17, 15) is 14.4 Å². The summed E-state index contributed by atoms with van der Waals surface area (Å²) in [6.45, 7) is 0. The Morgan fingerprint density at radius 1 is 0.750 bits per heavy atom. The van der Waals surface area contributed by atoms with Crippen LogP contribution in [0.15, 0.2) is 89.9 Å². The number of carbonyl (C=O) groups excluding carboxylic acids is 2. The summed E-state index contributed by atoms with van der Waals surface area (Å²) in [6.07, 6.45) is 5.27. The maximum absolute atomic E-state index is 13.0. The second-order valence-corrected chi connectivity index (χ2v) is 9.54. The Balaban J connectivity index is 1.27. The van der Waals surface area contributed by atoms with Gasteiger partial charge < -0.3 is 10.6 Å². The summed E-state index contributed by atoms with van der Waals surface area (Å²) < 4.78 is 1.52. The SMILES string of the molecule is O=C(NC1CCCC[C@@H]1NC(=O)c1ccc(-n2ccccc2=O)cc1)c1ccc2cc(Cl)ccc2c1. The van der Waals surface area contributed by atoms with Crippen LogP contribution in [0.25, 0.3) is 16.5 Å². The lowest BCUT2D eigenvalue weighted by Crippen LogP contribution is -2.53. The molecule has 0 spiro atoms. The molecular weight excluding hydrogens is 474 g/mol. The second-order valence-electron chi connectivity index (χ2n) is 9.11. The smallest absolute Gasteiger partial charge is 0.255 e. The molecule has 0 bridgehead atoms. The van der Waals surface area contributed by atoms with Crippen LogP contribution < -0.4 is 16.2 Å². The Morgan fingerprint density at radius 3 is 2.06 bits per heavy atom. The van der Waals surface area contributed by atoms with Gasteiger partial charge in [-0.05, 0) is 78.2 Å². The van der Waals surface area contributed by atoms with Crippen LogP contribution in [0.3, 0.4) is 0 Å². The number of aromatic nitrogens is 1. The molecule has 2 N–H and O–H groups in total. The number of benzene rings is 3. The predicted molar refractivity (Wildman–Crippen MR) is 142 cm³/mol. The van der Waals surface area contributed by atoms with Gasteiger partial charge in [0.05, 0.1) is 0 Å². The van der Waals surface area contributed by atoms with E-state index in [2.05, 4.69) is 10.6 Å². The first-order chi connectivity index (χ1) is 17.5. The maximum Gasteiger partial charge on any atom is 0.255 e. The Kier molecular flexibility index (Phi) is 6.87. The van der Waals surface area contributed by atoms with Crippen molar-refractivity contribution in [1.82, 2.24) is 15.2 Å². The molecule has 1 aliphatic carbocycles. The van der Waals surface area contributed by atoms with Crippen LogP contribution in [-0.4, -0.2) is 28.5 Å². The topological polar surface area (TPSA) is 80.2 Å². The van der Waals surface area contributed by atoms with Crippen molar-refractivity contribution in [2.24, 2.45) is 0 Å². The summed E-state index contributed by atoms with van der Waals surface area (Å²) in [5, 5.41) is 8.83. The van der Waals surface area contributed by atoms with Gasteiger partial charge in [-0.3, -0.25) is 19.0 Å². The first kappa shape index (κ1) is 23.8. The first-order valence-electron chi connectivity index (χ1n) is 12.1. The molecule has 182 valence electrons. The minimum Gasteiger partial charge on any atom is -0.347 e. The van der Waals surface area contributed by atoms with E-state index in [4.69, 9.17) is 11.6 Å². The van der Waals surface area contributed by atoms with Gasteiger partial charge in [0.25, 0.3) is 17.4 Å². The number of amides is 2. The van der Waals surface area contributed by atoms with Gasteiger partial charge in [-0.1, -0.05) is 42.6 Å². The van der Waals surface area contributed by atoms with Gasteiger partial charge in [-0.2, -0.15) is 0 Å². The molecule has 2 amide bonds. The van der Waals surface area contributed by atoms with Crippen molar-refractivity contribution in [2.45, 2.75) is 37.8 Å². The van der Waals surface area contributed by atoms with Gasteiger partial charge in [-0.25, -0.2) is 0 Å². The van der Waals surface area contributed by atoms with Crippen molar-refractivity contribution in [1.29, 1.82) is 0 Å². The molecule has 7 heteroatoms. The van der Waals surface area contributed by atoms with Gasteiger partial charge in [0, 0.05) is 46.2 Å². The fraction of sp³-hybridized carbons (Fsp3) is 0.207. The number of hydrogen-bond acceptors (Lipinski definition) is 3. The predicted octanol–water partition coefficient (Wildman–Crippen LogP) is 5.12. The normalized spacial score (nSPS) is 17.5. The molecule has 1 heterocycles. The van der Waals surface area contributed by atoms with Crippen molar-refractivity contribution >= 4 is 34.2 Å². The Hall–Kier alpha value is -3.90. The molecule has 1 aromatic heterocycles. The average Bonchev–Trinajstić information content (AvgIpc) is 2.90. The monoisotopic (exact) mass is 499 g/mol. The number of carbonyl (C=O) groups is 2. The maximum atomic E-state index is 13.0. The van der Waals surface area contributed by atoms with Gasteiger partial charge >= 0.3 is 0 Å². The molecule has 6 nitrogen and oxygen atoms in total. The third kappa shape index (κ3) is 5.19. The van der Waals surface area contributed by atoms with Gasteiger partial charge in [-0.15, -0.1) is 0 Å². The van der Waals surface area contributed by atoms with Crippen LogP contribution in [0.4, 0.5) is 0 Å². The standard InChI is InChI=1S/C29H26ClN3O3/c30-23-13-10-20-17-22(9-8-21(20)18-23)29(36)32-26-6-2-1-5-25(26)31-28(35)19-11-14-24(15-12-19)33-16-4-3-7-27(33)34/h3-4,7-18,25-26H,1-2,5-6H2,(H,31,35)(H,32,36)/t25-,26?/m0/s1. The number of rotatable bonds is 5. The molecule has 4 aromatic rings. The molecule has 3 aromatic carbocycles. The first-order valence-corrected chi connectivity index (χ1v) is 12.4. The number of fused-ring (bicyclic) bond motifs is 1. The fourth-order valence-corrected chi connectivity index (χ4v) is 4.93. The molecule has 36 heavy (non-hydrogen) atoms. The third-order valence-corrected chi connectivity index (χ3v) is 6.93. The van der Waals surface area contributed by atoms with Gasteiger partial charge in [0.15, 0.2) is 0 Å².